The highest BCUT2D eigenvalue weighted by atomic mass is 16.3. The number of aromatic nitrogens is 3. The molecule has 0 radical (unpaired) electrons. The van der Waals surface area contributed by atoms with E-state index >= 15 is 0 Å². The molecule has 0 unspecified atom stereocenters. The Kier molecular flexibility index (Phi) is 4.60. The van der Waals surface area contributed by atoms with Crippen molar-refractivity contribution in [2.45, 2.75) is 47.7 Å². The van der Waals surface area contributed by atoms with Crippen LogP contribution in [0.1, 0.15) is 42.6 Å². The van der Waals surface area contributed by atoms with E-state index in [2.05, 4.69) is 42.2 Å². The van der Waals surface area contributed by atoms with Gasteiger partial charge in [0.25, 0.3) is 0 Å². The van der Waals surface area contributed by atoms with Gasteiger partial charge in [-0.2, -0.15) is 5.10 Å². The minimum atomic E-state index is 0.637. The van der Waals surface area contributed by atoms with Crippen LogP contribution in [0.25, 0.3) is 0 Å². The zero-order chi connectivity index (χ0) is 14.7. The zero-order valence-electron chi connectivity index (χ0n) is 13.0. The van der Waals surface area contributed by atoms with Crippen molar-refractivity contribution in [2.24, 2.45) is 5.92 Å². The molecule has 110 valence electrons. The summed E-state index contributed by atoms with van der Waals surface area (Å²) in [4.78, 5) is 4.30. The van der Waals surface area contributed by atoms with Crippen molar-refractivity contribution >= 4 is 0 Å². The van der Waals surface area contributed by atoms with Crippen molar-refractivity contribution in [2.75, 3.05) is 6.54 Å². The number of hydrogen-bond acceptors (Lipinski definition) is 4. The van der Waals surface area contributed by atoms with E-state index < -0.39 is 0 Å². The molecule has 0 saturated heterocycles. The first-order valence-electron chi connectivity index (χ1n) is 7.12. The molecule has 0 aliphatic rings. The Balaban J connectivity index is 2.01. The topological polar surface area (TPSA) is 55.9 Å². The molecule has 20 heavy (non-hydrogen) atoms. The van der Waals surface area contributed by atoms with Gasteiger partial charge in [-0.1, -0.05) is 13.8 Å². The fourth-order valence-corrected chi connectivity index (χ4v) is 2.18. The van der Waals surface area contributed by atoms with Gasteiger partial charge in [0.2, 0.25) is 0 Å². The maximum Gasteiger partial charge on any atom is 0.147 e. The molecule has 0 bridgehead atoms. The van der Waals surface area contributed by atoms with Crippen LogP contribution in [0, 0.1) is 26.7 Å². The third-order valence-electron chi connectivity index (χ3n) is 3.18. The third-order valence-corrected chi connectivity index (χ3v) is 3.18. The second-order valence-electron chi connectivity index (χ2n) is 5.71. The van der Waals surface area contributed by atoms with Crippen LogP contribution >= 0.6 is 0 Å². The van der Waals surface area contributed by atoms with Crippen molar-refractivity contribution < 1.29 is 4.42 Å². The monoisotopic (exact) mass is 276 g/mol. The van der Waals surface area contributed by atoms with E-state index in [1.807, 2.05) is 18.5 Å². The van der Waals surface area contributed by atoms with Crippen molar-refractivity contribution in [3.8, 4) is 0 Å². The van der Waals surface area contributed by atoms with Gasteiger partial charge in [0.15, 0.2) is 0 Å². The molecule has 1 N–H and O–H groups in total. The largest absolute Gasteiger partial charge is 0.462 e. The van der Waals surface area contributed by atoms with Crippen LogP contribution in [0.3, 0.4) is 0 Å². The molecule has 0 aliphatic carbocycles. The highest BCUT2D eigenvalue weighted by Crippen LogP contribution is 2.16. The van der Waals surface area contributed by atoms with Gasteiger partial charge >= 0.3 is 0 Å². The van der Waals surface area contributed by atoms with Crippen LogP contribution < -0.4 is 5.32 Å². The SMILES string of the molecule is Cc1nc(C)n(Cc2cc(C)c(CNCC(C)C)o2)n1. The van der Waals surface area contributed by atoms with Gasteiger partial charge in [-0.05, 0) is 44.9 Å². The number of rotatable bonds is 6. The minimum absolute atomic E-state index is 0.637. The van der Waals surface area contributed by atoms with Crippen molar-refractivity contribution in [3.05, 3.63) is 34.8 Å². The highest BCUT2D eigenvalue weighted by molar-refractivity contribution is 5.20. The first-order chi connectivity index (χ1) is 9.45. The minimum Gasteiger partial charge on any atom is -0.462 e. The molecule has 5 heteroatoms. The van der Waals surface area contributed by atoms with Crippen LogP contribution in [0.5, 0.6) is 0 Å². The molecular weight excluding hydrogens is 252 g/mol. The van der Waals surface area contributed by atoms with Crippen molar-refractivity contribution in [1.82, 2.24) is 20.1 Å². The summed E-state index contributed by atoms with van der Waals surface area (Å²) >= 11 is 0. The molecule has 0 spiro atoms. The molecule has 0 saturated carbocycles. The molecule has 0 amide bonds. The lowest BCUT2D eigenvalue weighted by atomic mass is 10.2. The molecular formula is C15H24N4O. The molecule has 0 atom stereocenters. The van der Waals surface area contributed by atoms with Crippen LogP contribution in [0.15, 0.2) is 10.5 Å². The summed E-state index contributed by atoms with van der Waals surface area (Å²) in [6.45, 7) is 12.7. The summed E-state index contributed by atoms with van der Waals surface area (Å²) in [5.74, 6) is 4.29. The third kappa shape index (κ3) is 3.70. The van der Waals surface area contributed by atoms with E-state index in [1.54, 1.807) is 0 Å². The summed E-state index contributed by atoms with van der Waals surface area (Å²) in [5.41, 5.74) is 1.19. The Labute approximate surface area is 120 Å². The number of furan rings is 1. The van der Waals surface area contributed by atoms with Crippen LogP contribution in [-0.2, 0) is 13.1 Å². The molecule has 2 aromatic heterocycles. The van der Waals surface area contributed by atoms with E-state index in [9.17, 15) is 0 Å². The molecule has 0 aromatic carbocycles. The fraction of sp³-hybridized carbons (Fsp3) is 0.600. The van der Waals surface area contributed by atoms with Crippen molar-refractivity contribution in [1.29, 1.82) is 0 Å². The second kappa shape index (κ2) is 6.22. The average Bonchev–Trinajstić information content (AvgIpc) is 2.83. The van der Waals surface area contributed by atoms with Gasteiger partial charge in [-0.15, -0.1) is 0 Å². The Morgan fingerprint density at radius 1 is 1.30 bits per heavy atom. The van der Waals surface area contributed by atoms with Gasteiger partial charge in [0.1, 0.15) is 29.7 Å². The Morgan fingerprint density at radius 3 is 2.65 bits per heavy atom. The first kappa shape index (κ1) is 14.8. The molecule has 0 fully saturated rings. The summed E-state index contributed by atoms with van der Waals surface area (Å²) in [7, 11) is 0. The number of nitrogens with zero attached hydrogens (tertiary/aromatic N) is 3. The summed E-state index contributed by atoms with van der Waals surface area (Å²) in [6, 6.07) is 2.09. The smallest absolute Gasteiger partial charge is 0.147 e. The van der Waals surface area contributed by atoms with Crippen molar-refractivity contribution in [3.63, 3.8) is 0 Å². The molecule has 0 aliphatic heterocycles. The predicted molar refractivity (Wildman–Crippen MR) is 78.6 cm³/mol. The molecule has 2 heterocycles. The zero-order valence-corrected chi connectivity index (χ0v) is 13.0. The van der Waals surface area contributed by atoms with Gasteiger partial charge in [-0.3, -0.25) is 0 Å². The lowest BCUT2D eigenvalue weighted by molar-refractivity contribution is 0.419. The summed E-state index contributed by atoms with van der Waals surface area (Å²) in [6.07, 6.45) is 0. The van der Waals surface area contributed by atoms with Crippen LogP contribution in [0.4, 0.5) is 0 Å². The highest BCUT2D eigenvalue weighted by Gasteiger charge is 2.10. The Morgan fingerprint density at radius 2 is 2.05 bits per heavy atom. The maximum absolute atomic E-state index is 5.91. The van der Waals surface area contributed by atoms with Crippen LogP contribution in [-0.4, -0.2) is 21.3 Å². The normalized spacial score (nSPS) is 11.5. The Bertz CT molecular complexity index is 568. The van der Waals surface area contributed by atoms with Gasteiger partial charge in [0.05, 0.1) is 6.54 Å². The van der Waals surface area contributed by atoms with E-state index in [1.165, 1.54) is 5.56 Å². The van der Waals surface area contributed by atoms with E-state index in [0.29, 0.717) is 12.5 Å². The van der Waals surface area contributed by atoms with Crippen LogP contribution in [0.2, 0.25) is 0 Å². The van der Waals surface area contributed by atoms with Gasteiger partial charge in [-0.25, -0.2) is 9.67 Å². The molecule has 5 nitrogen and oxygen atoms in total. The van der Waals surface area contributed by atoms with E-state index in [0.717, 1.165) is 36.3 Å². The van der Waals surface area contributed by atoms with E-state index in [-0.39, 0.29) is 0 Å². The number of aryl methyl sites for hydroxylation is 3. The Hall–Kier alpha value is -1.62. The first-order valence-corrected chi connectivity index (χ1v) is 7.12. The fourth-order valence-electron chi connectivity index (χ4n) is 2.18. The summed E-state index contributed by atoms with van der Waals surface area (Å²) < 4.78 is 7.79. The van der Waals surface area contributed by atoms with E-state index in [4.69, 9.17) is 4.42 Å². The maximum atomic E-state index is 5.91. The quantitative estimate of drug-likeness (QED) is 0.881. The number of hydrogen-bond donors (Lipinski definition) is 1. The second-order valence-corrected chi connectivity index (χ2v) is 5.71. The molecule has 2 rings (SSSR count). The lowest BCUT2D eigenvalue weighted by Crippen LogP contribution is -2.19. The predicted octanol–water partition coefficient (Wildman–Crippen LogP) is 2.59. The lowest BCUT2D eigenvalue weighted by Gasteiger charge is -2.06. The van der Waals surface area contributed by atoms with Gasteiger partial charge in [0, 0.05) is 0 Å². The molecule has 2 aromatic rings. The number of nitrogens with one attached hydrogen (secondary N) is 1. The summed E-state index contributed by atoms with van der Waals surface area (Å²) in [5, 5.41) is 7.77. The van der Waals surface area contributed by atoms with Gasteiger partial charge < -0.3 is 9.73 Å². The standard InChI is InChI=1S/C15H24N4O/c1-10(2)7-16-8-15-11(3)6-14(20-15)9-19-13(5)17-12(4)18-19/h6,10,16H,7-9H2,1-5H3. The average molecular weight is 276 g/mol.